The summed E-state index contributed by atoms with van der Waals surface area (Å²) in [6.07, 6.45) is 0.560. The van der Waals surface area contributed by atoms with Crippen molar-refractivity contribution in [2.75, 3.05) is 12.3 Å². The maximum atomic E-state index is 13.1. The highest BCUT2D eigenvalue weighted by atomic mass is 19.1. The minimum Gasteiger partial charge on any atom is -0.454 e. The van der Waals surface area contributed by atoms with E-state index in [-0.39, 0.29) is 17.9 Å². The third kappa shape index (κ3) is 3.71. The van der Waals surface area contributed by atoms with Crippen molar-refractivity contribution in [1.29, 1.82) is 0 Å². The van der Waals surface area contributed by atoms with Crippen LogP contribution in [0.4, 0.5) is 10.2 Å². The van der Waals surface area contributed by atoms with Crippen LogP contribution in [0.5, 0.6) is 0 Å². The van der Waals surface area contributed by atoms with Crippen LogP contribution in [0.1, 0.15) is 34.1 Å². The van der Waals surface area contributed by atoms with E-state index in [0.717, 1.165) is 21.3 Å². The van der Waals surface area contributed by atoms with Gasteiger partial charge < -0.3 is 10.5 Å². The number of hydrogen-bond donors (Lipinski definition) is 1. The number of nitrogens with two attached hydrogens (primary N) is 1. The summed E-state index contributed by atoms with van der Waals surface area (Å²) in [7, 11) is 1.23. The number of carbonyl (C=O) groups is 2. The Morgan fingerprint density at radius 1 is 1.27 bits per heavy atom. The fourth-order valence-corrected chi connectivity index (χ4v) is 2.39. The third-order valence-electron chi connectivity index (χ3n) is 3.70. The Balaban J connectivity index is 2.29. The standard InChI is InChI=1S/C17H18FN3O5/c1-3-7-21-14(19)13(15(23)20(2)17(21)25)12(22)9-26-16(24)10-5-4-6-11(18)8-10/h4-6,8H,3,7,9,19H2,1-2H3. The largest absolute Gasteiger partial charge is 0.454 e. The van der Waals surface area contributed by atoms with Crippen molar-refractivity contribution >= 4 is 17.6 Å². The lowest BCUT2D eigenvalue weighted by molar-refractivity contribution is 0.0473. The molecular formula is C17H18FN3O5. The number of ketones is 1. The van der Waals surface area contributed by atoms with Crippen LogP contribution in [-0.2, 0) is 18.3 Å². The first-order valence-corrected chi connectivity index (χ1v) is 7.83. The second-order valence-electron chi connectivity index (χ2n) is 5.57. The van der Waals surface area contributed by atoms with Gasteiger partial charge >= 0.3 is 11.7 Å². The van der Waals surface area contributed by atoms with Crippen molar-refractivity contribution in [3.05, 3.63) is 62.0 Å². The van der Waals surface area contributed by atoms with Crippen molar-refractivity contribution in [2.45, 2.75) is 19.9 Å². The zero-order chi connectivity index (χ0) is 19.4. The Labute approximate surface area is 147 Å². The van der Waals surface area contributed by atoms with Gasteiger partial charge in [-0.1, -0.05) is 13.0 Å². The Bertz CT molecular complexity index is 977. The Kier molecular flexibility index (Phi) is 5.71. The zero-order valence-electron chi connectivity index (χ0n) is 14.3. The molecule has 2 N–H and O–H groups in total. The maximum absolute atomic E-state index is 13.1. The molecule has 0 aliphatic rings. The van der Waals surface area contributed by atoms with Gasteiger partial charge in [-0.3, -0.25) is 18.7 Å². The molecule has 0 radical (unpaired) electrons. The lowest BCUT2D eigenvalue weighted by Crippen LogP contribution is -2.43. The second kappa shape index (κ2) is 7.77. The van der Waals surface area contributed by atoms with Crippen LogP contribution in [0.3, 0.4) is 0 Å². The Morgan fingerprint density at radius 2 is 1.96 bits per heavy atom. The van der Waals surface area contributed by atoms with Crippen molar-refractivity contribution in [1.82, 2.24) is 9.13 Å². The normalized spacial score (nSPS) is 10.6. The van der Waals surface area contributed by atoms with E-state index >= 15 is 0 Å². The topological polar surface area (TPSA) is 113 Å². The van der Waals surface area contributed by atoms with Crippen LogP contribution < -0.4 is 17.0 Å². The molecule has 0 aliphatic carbocycles. The molecule has 0 saturated heterocycles. The average Bonchev–Trinajstić information content (AvgIpc) is 2.61. The van der Waals surface area contributed by atoms with Gasteiger partial charge in [0.2, 0.25) is 5.78 Å². The lowest BCUT2D eigenvalue weighted by Gasteiger charge is -2.13. The predicted octanol–water partition coefficient (Wildman–Crippen LogP) is 0.718. The summed E-state index contributed by atoms with van der Waals surface area (Å²) in [5.74, 6) is -2.67. The van der Waals surface area contributed by atoms with Crippen molar-refractivity contribution in [3.63, 3.8) is 0 Å². The minimum absolute atomic E-state index is 0.0744. The Hall–Kier alpha value is -3.23. The van der Waals surface area contributed by atoms with E-state index in [1.54, 1.807) is 6.92 Å². The number of esters is 1. The minimum atomic E-state index is -0.921. The van der Waals surface area contributed by atoms with Crippen molar-refractivity contribution in [3.8, 4) is 0 Å². The molecule has 8 nitrogen and oxygen atoms in total. The number of Topliss-reactive ketones (excluding diaryl/α,β-unsaturated/α-hetero) is 1. The number of nitrogen functional groups attached to an aromatic ring is 1. The third-order valence-corrected chi connectivity index (χ3v) is 3.70. The lowest BCUT2D eigenvalue weighted by atomic mass is 10.2. The monoisotopic (exact) mass is 363 g/mol. The SMILES string of the molecule is CCCn1c(N)c(C(=O)COC(=O)c2cccc(F)c2)c(=O)n(C)c1=O. The predicted molar refractivity (Wildman–Crippen MR) is 91.7 cm³/mol. The first kappa shape index (κ1) is 19.1. The first-order chi connectivity index (χ1) is 12.3. The molecule has 0 unspecified atom stereocenters. The summed E-state index contributed by atoms with van der Waals surface area (Å²) >= 11 is 0. The molecule has 0 atom stereocenters. The van der Waals surface area contributed by atoms with E-state index in [4.69, 9.17) is 10.5 Å². The quantitative estimate of drug-likeness (QED) is 0.598. The molecule has 0 spiro atoms. The highest BCUT2D eigenvalue weighted by molar-refractivity contribution is 6.02. The van der Waals surface area contributed by atoms with E-state index in [2.05, 4.69) is 0 Å². The summed E-state index contributed by atoms with van der Waals surface area (Å²) in [6, 6.07) is 4.76. The number of anilines is 1. The number of aromatic nitrogens is 2. The molecule has 0 saturated carbocycles. The molecule has 0 bridgehead atoms. The molecule has 1 heterocycles. The molecule has 138 valence electrons. The van der Waals surface area contributed by atoms with Gasteiger partial charge in [-0.2, -0.15) is 0 Å². The molecule has 2 rings (SSSR count). The second-order valence-corrected chi connectivity index (χ2v) is 5.57. The maximum Gasteiger partial charge on any atom is 0.338 e. The number of halogens is 1. The molecule has 0 fully saturated rings. The highest BCUT2D eigenvalue weighted by Gasteiger charge is 2.22. The van der Waals surface area contributed by atoms with Crippen molar-refractivity contribution < 1.29 is 18.7 Å². The molecule has 26 heavy (non-hydrogen) atoms. The number of benzene rings is 1. The Morgan fingerprint density at radius 3 is 2.58 bits per heavy atom. The van der Waals surface area contributed by atoms with Gasteiger partial charge in [-0.15, -0.1) is 0 Å². The van der Waals surface area contributed by atoms with Crippen LogP contribution in [0.2, 0.25) is 0 Å². The summed E-state index contributed by atoms with van der Waals surface area (Å²) in [5, 5.41) is 0. The van der Waals surface area contributed by atoms with Gasteiger partial charge in [-0.25, -0.2) is 14.0 Å². The van der Waals surface area contributed by atoms with Crippen LogP contribution >= 0.6 is 0 Å². The van der Waals surface area contributed by atoms with E-state index in [0.29, 0.717) is 6.42 Å². The van der Waals surface area contributed by atoms with Crippen LogP contribution in [0.25, 0.3) is 0 Å². The summed E-state index contributed by atoms with van der Waals surface area (Å²) in [6.45, 7) is 1.26. The first-order valence-electron chi connectivity index (χ1n) is 7.83. The van der Waals surface area contributed by atoms with Gasteiger partial charge in [0, 0.05) is 13.6 Å². The fraction of sp³-hybridized carbons (Fsp3) is 0.294. The highest BCUT2D eigenvalue weighted by Crippen LogP contribution is 2.09. The summed E-state index contributed by atoms with van der Waals surface area (Å²) in [4.78, 5) is 48.5. The van der Waals surface area contributed by atoms with Crippen LogP contribution in [-0.4, -0.2) is 27.5 Å². The van der Waals surface area contributed by atoms with Gasteiger partial charge in [0.25, 0.3) is 5.56 Å². The number of hydrogen-bond acceptors (Lipinski definition) is 6. The zero-order valence-corrected chi connectivity index (χ0v) is 14.3. The van der Waals surface area contributed by atoms with Gasteiger partial charge in [0.05, 0.1) is 5.56 Å². The van der Waals surface area contributed by atoms with E-state index < -0.39 is 41.0 Å². The molecule has 9 heteroatoms. The van der Waals surface area contributed by atoms with Crippen molar-refractivity contribution in [2.24, 2.45) is 7.05 Å². The smallest absolute Gasteiger partial charge is 0.338 e. The number of nitrogens with zero attached hydrogens (tertiary/aromatic N) is 2. The van der Waals surface area contributed by atoms with E-state index in [1.807, 2.05) is 0 Å². The molecule has 1 aromatic heterocycles. The van der Waals surface area contributed by atoms with Gasteiger partial charge in [-0.05, 0) is 24.6 Å². The molecule has 0 aliphatic heterocycles. The fourth-order valence-electron chi connectivity index (χ4n) is 2.39. The molecule has 0 amide bonds. The summed E-state index contributed by atoms with van der Waals surface area (Å²) < 4.78 is 19.8. The molecule has 2 aromatic rings. The molecule has 1 aromatic carbocycles. The van der Waals surface area contributed by atoms with E-state index in [1.165, 1.54) is 19.2 Å². The molecular weight excluding hydrogens is 345 g/mol. The van der Waals surface area contributed by atoms with E-state index in [9.17, 15) is 23.6 Å². The van der Waals surface area contributed by atoms with Gasteiger partial charge in [0.1, 0.15) is 17.2 Å². The number of carbonyl (C=O) groups excluding carboxylic acids is 2. The number of ether oxygens (including phenoxy) is 1. The van der Waals surface area contributed by atoms with Crippen LogP contribution in [0.15, 0.2) is 33.9 Å². The average molecular weight is 363 g/mol. The number of rotatable bonds is 6. The van der Waals surface area contributed by atoms with Gasteiger partial charge in [0.15, 0.2) is 6.61 Å². The van der Waals surface area contributed by atoms with Crippen LogP contribution in [0, 0.1) is 5.82 Å². The summed E-state index contributed by atoms with van der Waals surface area (Å²) in [5.41, 5.74) is 3.81.